The van der Waals surface area contributed by atoms with Crippen molar-refractivity contribution < 1.29 is 13.2 Å². The van der Waals surface area contributed by atoms with E-state index in [2.05, 4.69) is 0 Å². The lowest BCUT2D eigenvalue weighted by molar-refractivity contribution is 0.0311. The molecule has 1 fully saturated rings. The quantitative estimate of drug-likeness (QED) is 0.706. The van der Waals surface area contributed by atoms with Crippen LogP contribution in [-0.2, 0) is 14.8 Å². The highest BCUT2D eigenvalue weighted by molar-refractivity contribution is 7.89. The highest BCUT2D eigenvalue weighted by Gasteiger charge is 2.34. The fourth-order valence-electron chi connectivity index (χ4n) is 1.61. The Morgan fingerprint density at radius 3 is 2.80 bits per heavy atom. The van der Waals surface area contributed by atoms with Gasteiger partial charge < -0.3 is 4.74 Å². The SMILES string of the molecule is CCC1COCCN1S(=O)(=O)C(C)CCl. The summed E-state index contributed by atoms with van der Waals surface area (Å²) in [6.45, 7) is 5.02. The molecule has 0 bridgehead atoms. The van der Waals surface area contributed by atoms with E-state index in [0.717, 1.165) is 6.42 Å². The van der Waals surface area contributed by atoms with Crippen LogP contribution < -0.4 is 0 Å². The van der Waals surface area contributed by atoms with Crippen LogP contribution in [0.25, 0.3) is 0 Å². The second-order valence-electron chi connectivity index (χ2n) is 3.76. The molecule has 1 heterocycles. The molecule has 0 spiro atoms. The summed E-state index contributed by atoms with van der Waals surface area (Å²) >= 11 is 5.61. The van der Waals surface area contributed by atoms with Gasteiger partial charge in [-0.25, -0.2) is 8.42 Å². The Morgan fingerprint density at radius 2 is 2.27 bits per heavy atom. The first-order valence-electron chi connectivity index (χ1n) is 5.18. The maximum atomic E-state index is 12.1. The van der Waals surface area contributed by atoms with E-state index in [4.69, 9.17) is 16.3 Å². The van der Waals surface area contributed by atoms with Crippen molar-refractivity contribution >= 4 is 21.6 Å². The summed E-state index contributed by atoms with van der Waals surface area (Å²) in [7, 11) is -3.25. The van der Waals surface area contributed by atoms with E-state index in [1.165, 1.54) is 0 Å². The molecule has 15 heavy (non-hydrogen) atoms. The third-order valence-electron chi connectivity index (χ3n) is 2.70. The first-order chi connectivity index (χ1) is 7.04. The van der Waals surface area contributed by atoms with Gasteiger partial charge in [0.15, 0.2) is 0 Å². The molecule has 0 amide bonds. The molecule has 4 nitrogen and oxygen atoms in total. The molecular weight excluding hydrogens is 238 g/mol. The minimum atomic E-state index is -3.25. The van der Waals surface area contributed by atoms with Gasteiger partial charge in [0.25, 0.3) is 0 Å². The Hall–Kier alpha value is 0.160. The molecule has 0 aliphatic carbocycles. The van der Waals surface area contributed by atoms with Crippen molar-refractivity contribution in [2.75, 3.05) is 25.6 Å². The van der Waals surface area contributed by atoms with Gasteiger partial charge >= 0.3 is 0 Å². The Balaban J connectivity index is 2.83. The molecule has 0 aromatic heterocycles. The summed E-state index contributed by atoms with van der Waals surface area (Å²) in [6.07, 6.45) is 0.772. The van der Waals surface area contributed by atoms with E-state index in [1.54, 1.807) is 11.2 Å². The Bertz CT molecular complexity index is 294. The summed E-state index contributed by atoms with van der Waals surface area (Å²) in [5, 5.41) is -0.522. The van der Waals surface area contributed by atoms with E-state index in [9.17, 15) is 8.42 Å². The Kier molecular flexibility index (Phi) is 4.83. The normalized spacial score (nSPS) is 26.5. The largest absolute Gasteiger partial charge is 0.378 e. The highest BCUT2D eigenvalue weighted by atomic mass is 35.5. The molecule has 2 atom stereocenters. The molecule has 0 N–H and O–H groups in total. The standard InChI is InChI=1S/C9H18ClNO3S/c1-3-9-7-14-5-4-11(9)15(12,13)8(2)6-10/h8-9H,3-7H2,1-2H3. The van der Waals surface area contributed by atoms with Crippen LogP contribution in [0.3, 0.4) is 0 Å². The second kappa shape index (κ2) is 5.48. The second-order valence-corrected chi connectivity index (χ2v) is 6.37. The van der Waals surface area contributed by atoms with Crippen molar-refractivity contribution in [2.24, 2.45) is 0 Å². The minimum Gasteiger partial charge on any atom is -0.378 e. The average Bonchev–Trinajstić information content (AvgIpc) is 2.27. The molecule has 90 valence electrons. The molecule has 2 unspecified atom stereocenters. The van der Waals surface area contributed by atoms with Crippen LogP contribution in [0, 0.1) is 0 Å². The molecule has 1 aliphatic rings. The topological polar surface area (TPSA) is 46.6 Å². The summed E-state index contributed by atoms with van der Waals surface area (Å²) in [5.74, 6) is 0.135. The fraction of sp³-hybridized carbons (Fsp3) is 1.00. The van der Waals surface area contributed by atoms with Crippen LogP contribution in [0.1, 0.15) is 20.3 Å². The third-order valence-corrected chi connectivity index (χ3v) is 5.66. The number of morpholine rings is 1. The van der Waals surface area contributed by atoms with Crippen LogP contribution >= 0.6 is 11.6 Å². The summed E-state index contributed by atoms with van der Waals surface area (Å²) in [6, 6.07) is -0.0329. The number of sulfonamides is 1. The van der Waals surface area contributed by atoms with Crippen LogP contribution in [0.5, 0.6) is 0 Å². The van der Waals surface area contributed by atoms with E-state index < -0.39 is 15.3 Å². The van der Waals surface area contributed by atoms with Crippen molar-refractivity contribution in [3.8, 4) is 0 Å². The zero-order chi connectivity index (χ0) is 11.5. The van der Waals surface area contributed by atoms with Crippen molar-refractivity contribution in [2.45, 2.75) is 31.6 Å². The maximum Gasteiger partial charge on any atom is 0.218 e. The summed E-state index contributed by atoms with van der Waals surface area (Å²) in [5.41, 5.74) is 0. The van der Waals surface area contributed by atoms with Crippen molar-refractivity contribution in [1.29, 1.82) is 0 Å². The number of rotatable bonds is 4. The zero-order valence-corrected chi connectivity index (χ0v) is 10.7. The molecule has 0 aromatic rings. The van der Waals surface area contributed by atoms with Gasteiger partial charge in [0.1, 0.15) is 0 Å². The molecule has 1 aliphatic heterocycles. The van der Waals surface area contributed by atoms with Gasteiger partial charge in [0.05, 0.1) is 18.5 Å². The van der Waals surface area contributed by atoms with Crippen LogP contribution in [-0.4, -0.2) is 49.7 Å². The monoisotopic (exact) mass is 255 g/mol. The number of ether oxygens (including phenoxy) is 1. The Morgan fingerprint density at radius 1 is 1.60 bits per heavy atom. The maximum absolute atomic E-state index is 12.1. The van der Waals surface area contributed by atoms with Crippen molar-refractivity contribution in [3.05, 3.63) is 0 Å². The number of hydrogen-bond donors (Lipinski definition) is 0. The molecular formula is C9H18ClNO3S. The van der Waals surface area contributed by atoms with Gasteiger partial charge in [-0.05, 0) is 13.3 Å². The van der Waals surface area contributed by atoms with Gasteiger partial charge in [-0.1, -0.05) is 6.92 Å². The molecule has 1 rings (SSSR count). The van der Waals surface area contributed by atoms with Crippen LogP contribution in [0.4, 0.5) is 0 Å². The molecule has 1 saturated heterocycles. The van der Waals surface area contributed by atoms with Gasteiger partial charge in [0.2, 0.25) is 10.0 Å². The number of hydrogen-bond acceptors (Lipinski definition) is 3. The predicted octanol–water partition coefficient (Wildman–Crippen LogP) is 1.05. The summed E-state index contributed by atoms with van der Waals surface area (Å²) < 4.78 is 31.0. The van der Waals surface area contributed by atoms with E-state index in [1.807, 2.05) is 6.92 Å². The fourth-order valence-corrected chi connectivity index (χ4v) is 3.66. The van der Waals surface area contributed by atoms with Gasteiger partial charge in [-0.3, -0.25) is 0 Å². The Labute approximate surface area is 96.6 Å². The van der Waals surface area contributed by atoms with Crippen molar-refractivity contribution in [1.82, 2.24) is 4.31 Å². The van der Waals surface area contributed by atoms with Crippen LogP contribution in [0.15, 0.2) is 0 Å². The average molecular weight is 256 g/mol. The predicted molar refractivity (Wildman–Crippen MR) is 60.7 cm³/mol. The molecule has 0 radical (unpaired) electrons. The number of alkyl halides is 1. The first-order valence-corrected chi connectivity index (χ1v) is 7.22. The van der Waals surface area contributed by atoms with Gasteiger partial charge in [-0.2, -0.15) is 4.31 Å². The van der Waals surface area contributed by atoms with Gasteiger partial charge in [-0.15, -0.1) is 11.6 Å². The van der Waals surface area contributed by atoms with E-state index in [-0.39, 0.29) is 11.9 Å². The van der Waals surface area contributed by atoms with E-state index >= 15 is 0 Å². The molecule has 0 saturated carbocycles. The van der Waals surface area contributed by atoms with E-state index in [0.29, 0.717) is 19.8 Å². The number of nitrogens with zero attached hydrogens (tertiary/aromatic N) is 1. The highest BCUT2D eigenvalue weighted by Crippen LogP contribution is 2.19. The lowest BCUT2D eigenvalue weighted by Crippen LogP contribution is -2.51. The molecule has 6 heteroatoms. The smallest absolute Gasteiger partial charge is 0.218 e. The summed E-state index contributed by atoms with van der Waals surface area (Å²) in [4.78, 5) is 0. The molecule has 0 aromatic carbocycles. The van der Waals surface area contributed by atoms with Crippen LogP contribution in [0.2, 0.25) is 0 Å². The zero-order valence-electron chi connectivity index (χ0n) is 9.15. The lowest BCUT2D eigenvalue weighted by atomic mass is 10.2. The van der Waals surface area contributed by atoms with Crippen molar-refractivity contribution in [3.63, 3.8) is 0 Å². The first kappa shape index (κ1) is 13.2. The lowest BCUT2D eigenvalue weighted by Gasteiger charge is -2.35. The third kappa shape index (κ3) is 2.84. The van der Waals surface area contributed by atoms with Gasteiger partial charge in [0, 0.05) is 18.5 Å². The number of halogens is 1. The minimum absolute atomic E-state index is 0.0329.